The van der Waals surface area contributed by atoms with Crippen molar-refractivity contribution in [1.82, 2.24) is 9.97 Å². The maximum absolute atomic E-state index is 13.1. The van der Waals surface area contributed by atoms with E-state index in [4.69, 9.17) is 0 Å². The van der Waals surface area contributed by atoms with Gasteiger partial charge in [-0.1, -0.05) is 0 Å². The Bertz CT molecular complexity index is 678. The molecule has 8 heteroatoms. The number of hydrogen-bond acceptors (Lipinski definition) is 6. The molecule has 2 N–H and O–H groups in total. The number of halogens is 1. The van der Waals surface area contributed by atoms with E-state index in [1.165, 1.54) is 18.2 Å². The van der Waals surface area contributed by atoms with Gasteiger partial charge in [0, 0.05) is 12.2 Å². The second kappa shape index (κ2) is 6.12. The first-order valence-electron chi connectivity index (χ1n) is 6.29. The third-order valence-electron chi connectivity index (χ3n) is 2.74. The molecule has 21 heavy (non-hydrogen) atoms. The smallest absolute Gasteiger partial charge is 0.329 e. The van der Waals surface area contributed by atoms with Crippen molar-refractivity contribution in [2.75, 3.05) is 17.2 Å². The molecule has 0 aliphatic carbocycles. The highest BCUT2D eigenvalue weighted by Gasteiger charge is 2.18. The van der Waals surface area contributed by atoms with E-state index in [0.717, 1.165) is 6.20 Å². The SMILES string of the molecule is CCNc1ncc([N+](=O)[O-])c(Nc2ccc(F)cc2C)n1. The van der Waals surface area contributed by atoms with Crippen molar-refractivity contribution in [3.05, 3.63) is 45.9 Å². The number of nitrogens with one attached hydrogen (secondary N) is 2. The van der Waals surface area contributed by atoms with E-state index in [0.29, 0.717) is 17.8 Å². The van der Waals surface area contributed by atoms with Gasteiger partial charge in [-0.2, -0.15) is 4.98 Å². The van der Waals surface area contributed by atoms with Crippen molar-refractivity contribution in [2.24, 2.45) is 0 Å². The fourth-order valence-corrected chi connectivity index (χ4v) is 1.74. The molecule has 2 aromatic rings. The molecule has 0 fully saturated rings. The third kappa shape index (κ3) is 3.41. The topological polar surface area (TPSA) is 93.0 Å². The first-order valence-corrected chi connectivity index (χ1v) is 6.29. The molecule has 0 amide bonds. The highest BCUT2D eigenvalue weighted by atomic mass is 19.1. The van der Waals surface area contributed by atoms with Crippen molar-refractivity contribution in [3.63, 3.8) is 0 Å². The first-order chi connectivity index (χ1) is 10.0. The molecule has 2 rings (SSSR count). The molecule has 0 spiro atoms. The summed E-state index contributed by atoms with van der Waals surface area (Å²) in [5.41, 5.74) is 0.911. The summed E-state index contributed by atoms with van der Waals surface area (Å²) in [6, 6.07) is 4.11. The van der Waals surface area contributed by atoms with Gasteiger partial charge in [-0.25, -0.2) is 9.37 Å². The Kier molecular flexibility index (Phi) is 4.27. The van der Waals surface area contributed by atoms with Crippen LogP contribution in [0.3, 0.4) is 0 Å². The van der Waals surface area contributed by atoms with Crippen molar-refractivity contribution in [2.45, 2.75) is 13.8 Å². The van der Waals surface area contributed by atoms with Crippen molar-refractivity contribution in [1.29, 1.82) is 0 Å². The van der Waals surface area contributed by atoms with E-state index in [1.54, 1.807) is 6.92 Å². The van der Waals surface area contributed by atoms with Gasteiger partial charge in [0.25, 0.3) is 0 Å². The number of benzene rings is 1. The van der Waals surface area contributed by atoms with Crippen LogP contribution in [-0.2, 0) is 0 Å². The lowest BCUT2D eigenvalue weighted by atomic mass is 10.2. The van der Waals surface area contributed by atoms with Crippen molar-refractivity contribution >= 4 is 23.1 Å². The largest absolute Gasteiger partial charge is 0.354 e. The molecule has 0 saturated heterocycles. The molecule has 0 aliphatic heterocycles. The number of aromatic nitrogens is 2. The van der Waals surface area contributed by atoms with Gasteiger partial charge in [0.15, 0.2) is 0 Å². The summed E-state index contributed by atoms with van der Waals surface area (Å²) >= 11 is 0. The van der Waals surface area contributed by atoms with Crippen LogP contribution < -0.4 is 10.6 Å². The van der Waals surface area contributed by atoms with Crippen LogP contribution in [0.2, 0.25) is 0 Å². The molecule has 110 valence electrons. The minimum atomic E-state index is -0.573. The molecule has 1 aromatic heterocycles. The van der Waals surface area contributed by atoms with Gasteiger partial charge < -0.3 is 10.6 Å². The summed E-state index contributed by atoms with van der Waals surface area (Å²) in [4.78, 5) is 18.4. The molecule has 0 saturated carbocycles. The van der Waals surface area contributed by atoms with E-state index in [-0.39, 0.29) is 23.3 Å². The van der Waals surface area contributed by atoms with Crippen LogP contribution in [0, 0.1) is 22.9 Å². The Balaban J connectivity index is 2.40. The van der Waals surface area contributed by atoms with Gasteiger partial charge in [-0.15, -0.1) is 0 Å². The van der Waals surface area contributed by atoms with E-state index in [9.17, 15) is 14.5 Å². The van der Waals surface area contributed by atoms with Crippen LogP contribution in [0.15, 0.2) is 24.4 Å². The van der Waals surface area contributed by atoms with Gasteiger partial charge in [0.2, 0.25) is 11.8 Å². The number of nitrogens with zero attached hydrogens (tertiary/aromatic N) is 3. The monoisotopic (exact) mass is 291 g/mol. The van der Waals surface area contributed by atoms with Gasteiger partial charge in [-0.05, 0) is 37.6 Å². The number of aryl methyl sites for hydroxylation is 1. The second-order valence-electron chi connectivity index (χ2n) is 4.30. The molecular formula is C13H14FN5O2. The number of nitro groups is 1. The summed E-state index contributed by atoms with van der Waals surface area (Å²) in [6.07, 6.45) is 1.13. The average Bonchev–Trinajstić information content (AvgIpc) is 2.42. The summed E-state index contributed by atoms with van der Waals surface area (Å²) in [5.74, 6) is -0.0328. The Morgan fingerprint density at radius 3 is 2.81 bits per heavy atom. The zero-order valence-electron chi connectivity index (χ0n) is 11.6. The zero-order chi connectivity index (χ0) is 15.4. The van der Waals surface area contributed by atoms with Gasteiger partial charge in [-0.3, -0.25) is 10.1 Å². The lowest BCUT2D eigenvalue weighted by molar-refractivity contribution is -0.384. The van der Waals surface area contributed by atoms with Crippen molar-refractivity contribution in [3.8, 4) is 0 Å². The van der Waals surface area contributed by atoms with E-state index in [1.807, 2.05) is 6.92 Å². The normalized spacial score (nSPS) is 10.2. The quantitative estimate of drug-likeness (QED) is 0.649. The molecule has 0 unspecified atom stereocenters. The number of hydrogen-bond donors (Lipinski definition) is 2. The summed E-state index contributed by atoms with van der Waals surface area (Å²) in [6.45, 7) is 4.15. The minimum Gasteiger partial charge on any atom is -0.354 e. The highest BCUT2D eigenvalue weighted by Crippen LogP contribution is 2.27. The van der Waals surface area contributed by atoms with E-state index >= 15 is 0 Å². The Hall–Kier alpha value is -2.77. The van der Waals surface area contributed by atoms with Crippen LogP contribution in [-0.4, -0.2) is 21.4 Å². The molecule has 0 bridgehead atoms. The Labute approximate surface area is 120 Å². The van der Waals surface area contributed by atoms with Gasteiger partial charge >= 0.3 is 5.69 Å². The maximum atomic E-state index is 13.1. The summed E-state index contributed by atoms with van der Waals surface area (Å²) in [7, 11) is 0. The van der Waals surface area contributed by atoms with E-state index < -0.39 is 4.92 Å². The molecule has 1 heterocycles. The first kappa shape index (κ1) is 14.6. The predicted octanol–water partition coefficient (Wildman–Crippen LogP) is 3.01. The lowest BCUT2D eigenvalue weighted by Crippen LogP contribution is -2.07. The number of rotatable bonds is 5. The fourth-order valence-electron chi connectivity index (χ4n) is 1.74. The fraction of sp³-hybridized carbons (Fsp3) is 0.231. The molecule has 1 aromatic carbocycles. The molecule has 0 aliphatic rings. The number of anilines is 3. The molecule has 0 radical (unpaired) electrons. The standard InChI is InChI=1S/C13H14FN5O2/c1-3-15-13-16-7-11(19(20)21)12(18-13)17-10-5-4-9(14)6-8(10)2/h4-7H,3H2,1-2H3,(H2,15,16,17,18). The third-order valence-corrected chi connectivity index (χ3v) is 2.74. The molecular weight excluding hydrogens is 277 g/mol. The molecule has 7 nitrogen and oxygen atoms in total. The van der Waals surface area contributed by atoms with Crippen molar-refractivity contribution < 1.29 is 9.31 Å². The van der Waals surface area contributed by atoms with E-state index in [2.05, 4.69) is 20.6 Å². The van der Waals surface area contributed by atoms with Crippen LogP contribution in [0.4, 0.5) is 27.5 Å². The zero-order valence-corrected chi connectivity index (χ0v) is 11.6. The van der Waals surface area contributed by atoms with Gasteiger partial charge in [0.1, 0.15) is 12.0 Å². The van der Waals surface area contributed by atoms with Gasteiger partial charge in [0.05, 0.1) is 4.92 Å². The molecule has 0 atom stereocenters. The Morgan fingerprint density at radius 1 is 1.43 bits per heavy atom. The van der Waals surface area contributed by atoms with Crippen LogP contribution in [0.5, 0.6) is 0 Å². The average molecular weight is 291 g/mol. The summed E-state index contributed by atoms with van der Waals surface area (Å²) < 4.78 is 13.1. The van der Waals surface area contributed by atoms with Crippen LogP contribution in [0.1, 0.15) is 12.5 Å². The predicted molar refractivity (Wildman–Crippen MR) is 77.3 cm³/mol. The summed E-state index contributed by atoms with van der Waals surface area (Å²) in [5, 5.41) is 16.8. The Morgan fingerprint density at radius 2 is 2.19 bits per heavy atom. The maximum Gasteiger partial charge on any atom is 0.329 e. The minimum absolute atomic E-state index is 0.0562. The highest BCUT2D eigenvalue weighted by molar-refractivity contribution is 5.68. The lowest BCUT2D eigenvalue weighted by Gasteiger charge is -2.10. The van der Waals surface area contributed by atoms with Crippen LogP contribution >= 0.6 is 0 Å². The second-order valence-corrected chi connectivity index (χ2v) is 4.30. The van der Waals surface area contributed by atoms with Crippen LogP contribution in [0.25, 0.3) is 0 Å².